The molecular formula is C20H22ClNO3S. The molecule has 3 rings (SSSR count). The van der Waals surface area contributed by atoms with Gasteiger partial charge in [-0.2, -0.15) is 0 Å². The van der Waals surface area contributed by atoms with Gasteiger partial charge in [-0.3, -0.25) is 4.79 Å². The van der Waals surface area contributed by atoms with Gasteiger partial charge in [-0.1, -0.05) is 11.6 Å². The van der Waals surface area contributed by atoms with Gasteiger partial charge in [0.05, 0.1) is 26.0 Å². The summed E-state index contributed by atoms with van der Waals surface area (Å²) in [5.41, 5.74) is 1.01. The fourth-order valence-corrected chi connectivity index (χ4v) is 4.16. The highest BCUT2D eigenvalue weighted by Gasteiger charge is 2.32. The van der Waals surface area contributed by atoms with Crippen molar-refractivity contribution >= 4 is 29.3 Å². The maximum atomic E-state index is 12.8. The van der Waals surface area contributed by atoms with Crippen LogP contribution in [0.5, 0.6) is 11.5 Å². The van der Waals surface area contributed by atoms with Crippen molar-refractivity contribution in [3.8, 4) is 11.5 Å². The van der Waals surface area contributed by atoms with E-state index >= 15 is 0 Å². The summed E-state index contributed by atoms with van der Waals surface area (Å²) in [5, 5.41) is 0.699. The zero-order valence-electron chi connectivity index (χ0n) is 14.9. The molecule has 0 radical (unpaired) electrons. The smallest absolute Gasteiger partial charge is 0.233 e. The summed E-state index contributed by atoms with van der Waals surface area (Å²) < 4.78 is 10.9. The van der Waals surface area contributed by atoms with Gasteiger partial charge in [-0.15, -0.1) is 11.8 Å². The number of halogens is 1. The van der Waals surface area contributed by atoms with Crippen LogP contribution < -0.4 is 9.47 Å². The van der Waals surface area contributed by atoms with E-state index in [1.807, 2.05) is 47.4 Å². The van der Waals surface area contributed by atoms with E-state index in [2.05, 4.69) is 0 Å². The molecule has 0 bridgehead atoms. The summed E-state index contributed by atoms with van der Waals surface area (Å²) in [5.74, 6) is 2.11. The quantitative estimate of drug-likeness (QED) is 0.662. The largest absolute Gasteiger partial charge is 0.497 e. The van der Waals surface area contributed by atoms with Gasteiger partial charge in [-0.25, -0.2) is 0 Å². The molecule has 1 aliphatic heterocycles. The predicted octanol–water partition coefficient (Wildman–Crippen LogP) is 4.81. The SMILES string of the molecule is COc1ccc(OC)c(C2CCCN2C(=O)CSc2ccc(Cl)cc2)c1. The minimum Gasteiger partial charge on any atom is -0.497 e. The molecule has 26 heavy (non-hydrogen) atoms. The third-order valence-electron chi connectivity index (χ3n) is 4.54. The normalized spacial score (nSPS) is 16.6. The lowest BCUT2D eigenvalue weighted by atomic mass is 10.0. The lowest BCUT2D eigenvalue weighted by Crippen LogP contribution is -2.32. The number of ether oxygens (including phenoxy) is 2. The molecule has 1 fully saturated rings. The van der Waals surface area contributed by atoms with E-state index in [9.17, 15) is 4.79 Å². The van der Waals surface area contributed by atoms with Gasteiger partial charge in [0.2, 0.25) is 5.91 Å². The summed E-state index contributed by atoms with van der Waals surface area (Å²) in [4.78, 5) is 15.8. The third kappa shape index (κ3) is 4.27. The van der Waals surface area contributed by atoms with E-state index in [4.69, 9.17) is 21.1 Å². The van der Waals surface area contributed by atoms with Crippen LogP contribution in [0.3, 0.4) is 0 Å². The van der Waals surface area contributed by atoms with Gasteiger partial charge in [0.1, 0.15) is 11.5 Å². The summed E-state index contributed by atoms with van der Waals surface area (Å²) in [6.07, 6.45) is 1.92. The van der Waals surface area contributed by atoms with E-state index in [-0.39, 0.29) is 11.9 Å². The average molecular weight is 392 g/mol. The van der Waals surface area contributed by atoms with Crippen LogP contribution in [0.2, 0.25) is 5.02 Å². The number of amides is 1. The van der Waals surface area contributed by atoms with Gasteiger partial charge < -0.3 is 14.4 Å². The molecule has 1 heterocycles. The maximum Gasteiger partial charge on any atom is 0.233 e. The molecule has 6 heteroatoms. The van der Waals surface area contributed by atoms with Gasteiger partial charge in [0, 0.05) is 22.0 Å². The third-order valence-corrected chi connectivity index (χ3v) is 5.79. The number of rotatable bonds is 6. The monoisotopic (exact) mass is 391 g/mol. The van der Waals surface area contributed by atoms with Gasteiger partial charge in [0.25, 0.3) is 0 Å². The van der Waals surface area contributed by atoms with Crippen LogP contribution in [-0.4, -0.2) is 37.3 Å². The first kappa shape index (κ1) is 18.9. The first-order valence-corrected chi connectivity index (χ1v) is 9.88. The Balaban J connectivity index is 1.73. The number of carbonyl (C=O) groups is 1. The molecule has 1 unspecified atom stereocenters. The number of thioether (sulfide) groups is 1. The first-order chi connectivity index (χ1) is 12.6. The number of benzene rings is 2. The van der Waals surface area contributed by atoms with Crippen molar-refractivity contribution in [1.82, 2.24) is 4.90 Å². The lowest BCUT2D eigenvalue weighted by Gasteiger charge is -2.26. The summed E-state index contributed by atoms with van der Waals surface area (Å²) >= 11 is 7.44. The van der Waals surface area contributed by atoms with Crippen molar-refractivity contribution in [3.63, 3.8) is 0 Å². The van der Waals surface area contributed by atoms with Gasteiger partial charge in [-0.05, 0) is 55.3 Å². The van der Waals surface area contributed by atoms with Crippen molar-refractivity contribution < 1.29 is 14.3 Å². The molecule has 1 aliphatic rings. The van der Waals surface area contributed by atoms with Crippen LogP contribution in [-0.2, 0) is 4.79 Å². The topological polar surface area (TPSA) is 38.8 Å². The minimum atomic E-state index is 0.0263. The highest BCUT2D eigenvalue weighted by molar-refractivity contribution is 8.00. The van der Waals surface area contributed by atoms with Crippen molar-refractivity contribution in [2.45, 2.75) is 23.8 Å². The Morgan fingerprint density at radius 1 is 1.19 bits per heavy atom. The average Bonchev–Trinajstić information content (AvgIpc) is 3.16. The van der Waals surface area contributed by atoms with Crippen LogP contribution in [0, 0.1) is 0 Å². The highest BCUT2D eigenvalue weighted by atomic mass is 35.5. The van der Waals surface area contributed by atoms with Crippen molar-refractivity contribution in [2.75, 3.05) is 26.5 Å². The number of hydrogen-bond donors (Lipinski definition) is 0. The second-order valence-corrected chi connectivity index (χ2v) is 7.58. The molecule has 0 saturated carbocycles. The molecule has 1 atom stereocenters. The summed E-state index contributed by atoms with van der Waals surface area (Å²) in [7, 11) is 3.30. The van der Waals surface area contributed by atoms with Gasteiger partial charge in [0.15, 0.2) is 0 Å². The Bertz CT molecular complexity index is 766. The molecule has 0 spiro atoms. The molecule has 2 aromatic rings. The fraction of sp³-hybridized carbons (Fsp3) is 0.350. The van der Waals surface area contributed by atoms with E-state index in [0.29, 0.717) is 10.8 Å². The molecule has 0 aliphatic carbocycles. The standard InChI is InChI=1S/C20H22ClNO3S/c1-24-15-7-10-19(25-2)17(12-15)18-4-3-11-22(18)20(23)13-26-16-8-5-14(21)6-9-16/h5-10,12,18H,3-4,11,13H2,1-2H3. The Morgan fingerprint density at radius 2 is 1.96 bits per heavy atom. The van der Waals surface area contributed by atoms with Crippen LogP contribution in [0.1, 0.15) is 24.4 Å². The molecule has 138 valence electrons. The second kappa shape index (κ2) is 8.69. The van der Waals surface area contributed by atoms with E-state index in [1.165, 1.54) is 11.8 Å². The minimum absolute atomic E-state index is 0.0263. The van der Waals surface area contributed by atoms with Crippen LogP contribution >= 0.6 is 23.4 Å². The molecule has 1 saturated heterocycles. The number of carbonyl (C=O) groups excluding carboxylic acids is 1. The predicted molar refractivity (Wildman–Crippen MR) is 105 cm³/mol. The zero-order chi connectivity index (χ0) is 18.5. The Labute approximate surface area is 163 Å². The number of hydrogen-bond acceptors (Lipinski definition) is 4. The molecule has 4 nitrogen and oxygen atoms in total. The molecule has 0 N–H and O–H groups in total. The number of methoxy groups -OCH3 is 2. The van der Waals surface area contributed by atoms with Crippen molar-refractivity contribution in [3.05, 3.63) is 53.1 Å². The number of likely N-dealkylation sites (tertiary alicyclic amines) is 1. The van der Waals surface area contributed by atoms with Gasteiger partial charge >= 0.3 is 0 Å². The van der Waals surface area contributed by atoms with Crippen LogP contribution in [0.25, 0.3) is 0 Å². The molecular weight excluding hydrogens is 370 g/mol. The second-order valence-electron chi connectivity index (χ2n) is 6.10. The van der Waals surface area contributed by atoms with E-state index < -0.39 is 0 Å². The van der Waals surface area contributed by atoms with Crippen molar-refractivity contribution in [2.24, 2.45) is 0 Å². The maximum absolute atomic E-state index is 12.8. The van der Waals surface area contributed by atoms with E-state index in [0.717, 1.165) is 41.3 Å². The summed E-state index contributed by atoms with van der Waals surface area (Å²) in [6, 6.07) is 13.3. The molecule has 1 amide bonds. The highest BCUT2D eigenvalue weighted by Crippen LogP contribution is 2.39. The summed E-state index contributed by atoms with van der Waals surface area (Å²) in [6.45, 7) is 0.769. The van der Waals surface area contributed by atoms with Crippen molar-refractivity contribution in [1.29, 1.82) is 0 Å². The molecule has 2 aromatic carbocycles. The Morgan fingerprint density at radius 3 is 2.65 bits per heavy atom. The first-order valence-electron chi connectivity index (χ1n) is 8.52. The Hall–Kier alpha value is -1.85. The zero-order valence-corrected chi connectivity index (χ0v) is 16.5. The molecule has 0 aromatic heterocycles. The van der Waals surface area contributed by atoms with E-state index in [1.54, 1.807) is 14.2 Å². The Kier molecular flexibility index (Phi) is 6.33. The number of nitrogens with zero attached hydrogens (tertiary/aromatic N) is 1. The van der Waals surface area contributed by atoms with Crippen LogP contribution in [0.15, 0.2) is 47.4 Å². The van der Waals surface area contributed by atoms with Crippen LogP contribution in [0.4, 0.5) is 0 Å². The fourth-order valence-electron chi connectivity index (χ4n) is 3.25. The lowest BCUT2D eigenvalue weighted by molar-refractivity contribution is -0.129.